The fourth-order valence-electron chi connectivity index (χ4n) is 4.16. The Bertz CT molecular complexity index is 924. The van der Waals surface area contributed by atoms with Crippen molar-refractivity contribution in [2.24, 2.45) is 0 Å². The Morgan fingerprint density at radius 2 is 1.53 bits per heavy atom. The number of amides is 1. The number of likely N-dealkylation sites (tertiary alicyclic amines) is 1. The van der Waals surface area contributed by atoms with Crippen LogP contribution in [-0.4, -0.2) is 35.3 Å². The Morgan fingerprint density at radius 3 is 2.17 bits per heavy atom. The molecule has 0 radical (unpaired) electrons. The first-order valence-electron chi connectivity index (χ1n) is 10.7. The average molecular weight is 434 g/mol. The molecule has 0 unspecified atom stereocenters. The number of nitrogens with zero attached hydrogens (tertiary/aromatic N) is 1. The lowest BCUT2D eigenvalue weighted by atomic mass is 10.2. The van der Waals surface area contributed by atoms with Crippen molar-refractivity contribution in [2.75, 3.05) is 18.5 Å². The summed E-state index contributed by atoms with van der Waals surface area (Å²) in [4.78, 5) is 16.8. The minimum absolute atomic E-state index is 0.199. The Kier molecular flexibility index (Phi) is 7.25. The molecule has 1 aliphatic heterocycles. The van der Waals surface area contributed by atoms with Crippen LogP contribution in [0, 0.1) is 0 Å². The smallest absolute Gasteiger partial charge is 0.255 e. The van der Waals surface area contributed by atoms with Crippen molar-refractivity contribution in [2.45, 2.75) is 30.7 Å². The zero-order chi connectivity index (χ0) is 20.8. The quantitative estimate of drug-likeness (QED) is 0.360. The number of carbonyl (C=O) groups excluding carboxylic acids is 1. The third-order valence-corrected chi connectivity index (χ3v) is 9.17. The lowest BCUT2D eigenvalue weighted by Crippen LogP contribution is -2.38. The fourth-order valence-corrected chi connectivity index (χ4v) is 7.54. The maximum Gasteiger partial charge on any atom is 0.255 e. The van der Waals surface area contributed by atoms with E-state index in [-0.39, 0.29) is 5.91 Å². The van der Waals surface area contributed by atoms with Gasteiger partial charge in [-0.2, -0.15) is 0 Å². The Balaban J connectivity index is 1.60. The van der Waals surface area contributed by atoms with Crippen molar-refractivity contribution < 1.29 is 4.79 Å². The lowest BCUT2D eigenvalue weighted by molar-refractivity contribution is 0.0746. The van der Waals surface area contributed by atoms with Crippen molar-refractivity contribution in [3.63, 3.8) is 0 Å². The SMILES string of the molecule is CCSc1ccccc1C(=O)N1CCC[C@H]1CP(c1ccccc1)c1ccccc1. The third-order valence-electron chi connectivity index (χ3n) is 5.58. The van der Waals surface area contributed by atoms with Crippen LogP contribution in [0.25, 0.3) is 0 Å². The normalized spacial score (nSPS) is 16.2. The van der Waals surface area contributed by atoms with Gasteiger partial charge in [0, 0.05) is 17.5 Å². The standard InChI is InChI=1S/C26H28NOPS/c1-2-30-25-18-10-9-17-24(25)26(28)27-19-11-12-21(27)20-29(22-13-5-3-6-14-22)23-15-7-4-8-16-23/h3-10,13-18,21H,2,11-12,19-20H2,1H3/t21-/m0/s1. The molecule has 0 aliphatic carbocycles. The highest BCUT2D eigenvalue weighted by Gasteiger charge is 2.32. The number of hydrogen-bond donors (Lipinski definition) is 0. The number of benzene rings is 3. The predicted molar refractivity (Wildman–Crippen MR) is 131 cm³/mol. The summed E-state index contributed by atoms with van der Waals surface area (Å²) in [6, 6.07) is 30.0. The molecule has 30 heavy (non-hydrogen) atoms. The molecule has 154 valence electrons. The summed E-state index contributed by atoms with van der Waals surface area (Å²) in [7, 11) is -0.496. The molecule has 0 aromatic heterocycles. The van der Waals surface area contributed by atoms with Gasteiger partial charge in [0.05, 0.1) is 5.56 Å². The van der Waals surface area contributed by atoms with Gasteiger partial charge < -0.3 is 4.90 Å². The average Bonchev–Trinajstić information content (AvgIpc) is 3.27. The van der Waals surface area contributed by atoms with Gasteiger partial charge in [-0.25, -0.2) is 0 Å². The molecule has 1 atom stereocenters. The molecule has 1 saturated heterocycles. The van der Waals surface area contributed by atoms with Crippen LogP contribution >= 0.6 is 19.7 Å². The van der Waals surface area contributed by atoms with Crippen LogP contribution < -0.4 is 10.6 Å². The summed E-state index contributed by atoms with van der Waals surface area (Å²) >= 11 is 1.75. The molecule has 2 nitrogen and oxygen atoms in total. The Labute approximate surface area is 185 Å². The van der Waals surface area contributed by atoms with Crippen LogP contribution in [0.1, 0.15) is 30.1 Å². The van der Waals surface area contributed by atoms with E-state index in [2.05, 4.69) is 78.6 Å². The molecular formula is C26H28NOPS. The van der Waals surface area contributed by atoms with Gasteiger partial charge in [0.15, 0.2) is 0 Å². The molecular weight excluding hydrogens is 405 g/mol. The van der Waals surface area contributed by atoms with Crippen LogP contribution in [0.3, 0.4) is 0 Å². The maximum atomic E-state index is 13.5. The van der Waals surface area contributed by atoms with E-state index in [0.29, 0.717) is 6.04 Å². The molecule has 0 bridgehead atoms. The summed E-state index contributed by atoms with van der Waals surface area (Å²) in [6.07, 6.45) is 3.21. The lowest BCUT2D eigenvalue weighted by Gasteiger charge is -2.29. The van der Waals surface area contributed by atoms with Crippen molar-refractivity contribution in [1.29, 1.82) is 0 Å². The van der Waals surface area contributed by atoms with E-state index in [4.69, 9.17) is 0 Å². The topological polar surface area (TPSA) is 20.3 Å². The van der Waals surface area contributed by atoms with E-state index in [0.717, 1.165) is 41.8 Å². The summed E-state index contributed by atoms with van der Waals surface area (Å²) in [6.45, 7) is 3.00. The highest BCUT2D eigenvalue weighted by molar-refractivity contribution is 7.99. The highest BCUT2D eigenvalue weighted by Crippen LogP contribution is 2.38. The van der Waals surface area contributed by atoms with Gasteiger partial charge >= 0.3 is 0 Å². The number of hydrogen-bond acceptors (Lipinski definition) is 2. The van der Waals surface area contributed by atoms with Crippen LogP contribution in [0.2, 0.25) is 0 Å². The number of carbonyl (C=O) groups is 1. The van der Waals surface area contributed by atoms with E-state index in [9.17, 15) is 4.79 Å². The van der Waals surface area contributed by atoms with Crippen molar-refractivity contribution in [1.82, 2.24) is 4.90 Å². The maximum absolute atomic E-state index is 13.5. The summed E-state index contributed by atoms with van der Waals surface area (Å²) in [5.74, 6) is 1.17. The van der Waals surface area contributed by atoms with Crippen LogP contribution in [0.5, 0.6) is 0 Å². The first-order valence-corrected chi connectivity index (χ1v) is 13.2. The predicted octanol–water partition coefficient (Wildman–Crippen LogP) is 5.54. The van der Waals surface area contributed by atoms with Crippen LogP contribution in [0.15, 0.2) is 89.8 Å². The second-order valence-electron chi connectivity index (χ2n) is 7.51. The fraction of sp³-hybridized carbons (Fsp3) is 0.269. The van der Waals surface area contributed by atoms with Gasteiger partial charge in [-0.1, -0.05) is 79.7 Å². The van der Waals surface area contributed by atoms with E-state index in [1.54, 1.807) is 11.8 Å². The molecule has 4 heteroatoms. The molecule has 4 rings (SSSR count). The summed E-state index contributed by atoms with van der Waals surface area (Å²) in [5.41, 5.74) is 0.861. The van der Waals surface area contributed by atoms with E-state index >= 15 is 0 Å². The van der Waals surface area contributed by atoms with Gasteiger partial charge in [-0.05, 0) is 55.4 Å². The molecule has 1 heterocycles. The minimum atomic E-state index is -0.496. The molecule has 3 aromatic rings. The first kappa shape index (κ1) is 21.2. The largest absolute Gasteiger partial charge is 0.335 e. The molecule has 1 fully saturated rings. The second kappa shape index (κ2) is 10.3. The van der Waals surface area contributed by atoms with Crippen molar-refractivity contribution in [3.8, 4) is 0 Å². The summed E-state index contributed by atoms with van der Waals surface area (Å²) in [5, 5.41) is 2.78. The zero-order valence-corrected chi connectivity index (χ0v) is 19.1. The van der Waals surface area contributed by atoms with Crippen molar-refractivity contribution >= 4 is 36.2 Å². The first-order chi connectivity index (χ1) is 14.8. The summed E-state index contributed by atoms with van der Waals surface area (Å²) < 4.78 is 0. The highest BCUT2D eigenvalue weighted by atomic mass is 32.2. The van der Waals surface area contributed by atoms with Gasteiger partial charge in [0.1, 0.15) is 0 Å². The zero-order valence-electron chi connectivity index (χ0n) is 17.4. The van der Waals surface area contributed by atoms with Gasteiger partial charge in [-0.15, -0.1) is 11.8 Å². The van der Waals surface area contributed by atoms with E-state index in [1.165, 1.54) is 10.6 Å². The van der Waals surface area contributed by atoms with E-state index < -0.39 is 7.92 Å². The van der Waals surface area contributed by atoms with Crippen molar-refractivity contribution in [3.05, 3.63) is 90.5 Å². The third kappa shape index (κ3) is 4.79. The molecule has 1 amide bonds. The molecule has 0 spiro atoms. The molecule has 0 N–H and O–H groups in total. The Hall–Kier alpha value is -2.09. The minimum Gasteiger partial charge on any atom is -0.335 e. The monoisotopic (exact) mass is 433 g/mol. The van der Waals surface area contributed by atoms with Crippen LogP contribution in [0.4, 0.5) is 0 Å². The molecule has 3 aromatic carbocycles. The second-order valence-corrected chi connectivity index (χ2v) is 11.1. The van der Waals surface area contributed by atoms with Crippen LogP contribution in [-0.2, 0) is 0 Å². The van der Waals surface area contributed by atoms with Gasteiger partial charge in [0.25, 0.3) is 5.91 Å². The van der Waals surface area contributed by atoms with Gasteiger partial charge in [-0.3, -0.25) is 4.79 Å². The van der Waals surface area contributed by atoms with E-state index in [1.807, 2.05) is 18.2 Å². The molecule has 1 aliphatic rings. The van der Waals surface area contributed by atoms with Gasteiger partial charge in [0.2, 0.25) is 0 Å². The molecule has 0 saturated carbocycles. The number of thioether (sulfide) groups is 1. The number of rotatable bonds is 7. The Morgan fingerprint density at radius 1 is 0.933 bits per heavy atom.